The van der Waals surface area contributed by atoms with Crippen LogP contribution in [0.15, 0.2) is 42.6 Å². The second kappa shape index (κ2) is 2.92. The summed E-state index contributed by atoms with van der Waals surface area (Å²) in [5, 5.41) is 0.885. The molecule has 0 aliphatic carbocycles. The van der Waals surface area contributed by atoms with Crippen LogP contribution in [-0.2, 0) is 0 Å². The van der Waals surface area contributed by atoms with Gasteiger partial charge in [-0.15, -0.1) is 0 Å². The first-order chi connectivity index (χ1) is 7.40. The molecule has 0 atom stereocenters. The maximum atomic E-state index is 10.9. The van der Waals surface area contributed by atoms with Gasteiger partial charge < -0.3 is 4.40 Å². The summed E-state index contributed by atoms with van der Waals surface area (Å²) in [7, 11) is 0. The van der Waals surface area contributed by atoms with Gasteiger partial charge >= 0.3 is 0 Å². The Kier molecular flexibility index (Phi) is 1.59. The Hall–Kier alpha value is -2.16. The molecule has 2 aromatic heterocycles. The molecule has 15 heavy (non-hydrogen) atoms. The van der Waals surface area contributed by atoms with Crippen LogP contribution in [0.4, 0.5) is 0 Å². The predicted molar refractivity (Wildman–Crippen MR) is 58.1 cm³/mol. The third-order valence-electron chi connectivity index (χ3n) is 2.51. The van der Waals surface area contributed by atoms with Crippen molar-refractivity contribution in [2.24, 2.45) is 0 Å². The van der Waals surface area contributed by atoms with Crippen molar-refractivity contribution >= 4 is 22.8 Å². The van der Waals surface area contributed by atoms with Gasteiger partial charge in [-0.05, 0) is 18.2 Å². The average molecular weight is 196 g/mol. The van der Waals surface area contributed by atoms with Gasteiger partial charge in [0, 0.05) is 11.6 Å². The number of fused-ring (bicyclic) bond motifs is 3. The van der Waals surface area contributed by atoms with Gasteiger partial charge in [-0.25, -0.2) is 4.98 Å². The lowest BCUT2D eigenvalue weighted by Crippen LogP contribution is -1.95. The molecular formula is C12H8N2O. The fourth-order valence-corrected chi connectivity index (χ4v) is 1.84. The molecule has 0 fully saturated rings. The molecule has 2 heterocycles. The van der Waals surface area contributed by atoms with Crippen LogP contribution in [0.25, 0.3) is 16.6 Å². The Morgan fingerprint density at radius 1 is 1.13 bits per heavy atom. The minimum atomic E-state index is 0.497. The van der Waals surface area contributed by atoms with E-state index in [2.05, 4.69) is 4.98 Å². The molecule has 0 bridgehead atoms. The van der Waals surface area contributed by atoms with E-state index in [0.29, 0.717) is 5.69 Å². The van der Waals surface area contributed by atoms with Crippen molar-refractivity contribution in [3.63, 3.8) is 0 Å². The number of rotatable bonds is 1. The van der Waals surface area contributed by atoms with Crippen molar-refractivity contribution in [2.75, 3.05) is 0 Å². The molecule has 3 rings (SSSR count). The zero-order valence-corrected chi connectivity index (χ0v) is 7.92. The molecule has 0 saturated heterocycles. The standard InChI is InChI=1S/C12H8N2O/c15-8-10-9-4-1-2-5-11(9)14-7-3-6-12(14)13-10/h1-8H. The van der Waals surface area contributed by atoms with Crippen molar-refractivity contribution < 1.29 is 4.79 Å². The summed E-state index contributed by atoms with van der Waals surface area (Å²) in [5.74, 6) is 0. The van der Waals surface area contributed by atoms with Crippen molar-refractivity contribution in [1.29, 1.82) is 0 Å². The van der Waals surface area contributed by atoms with Crippen molar-refractivity contribution in [3.8, 4) is 0 Å². The number of carbonyl (C=O) groups is 1. The fourth-order valence-electron chi connectivity index (χ4n) is 1.84. The quantitative estimate of drug-likeness (QED) is 0.559. The number of para-hydroxylation sites is 1. The van der Waals surface area contributed by atoms with E-state index in [9.17, 15) is 4.79 Å². The van der Waals surface area contributed by atoms with E-state index in [-0.39, 0.29) is 0 Å². The Morgan fingerprint density at radius 2 is 2.00 bits per heavy atom. The second-order valence-electron chi connectivity index (χ2n) is 3.37. The van der Waals surface area contributed by atoms with Crippen LogP contribution in [0.3, 0.4) is 0 Å². The van der Waals surface area contributed by atoms with Gasteiger partial charge in [0.15, 0.2) is 6.29 Å². The Labute approximate surface area is 86.0 Å². The number of aromatic nitrogens is 2. The molecule has 3 aromatic rings. The van der Waals surface area contributed by atoms with E-state index >= 15 is 0 Å². The smallest absolute Gasteiger partial charge is 0.169 e. The third kappa shape index (κ3) is 1.06. The number of hydrogen-bond donors (Lipinski definition) is 0. The lowest BCUT2D eigenvalue weighted by molar-refractivity contribution is 0.112. The van der Waals surface area contributed by atoms with Crippen molar-refractivity contribution in [1.82, 2.24) is 9.38 Å². The van der Waals surface area contributed by atoms with E-state index in [1.54, 1.807) is 0 Å². The summed E-state index contributed by atoms with van der Waals surface area (Å²) in [5.41, 5.74) is 2.31. The summed E-state index contributed by atoms with van der Waals surface area (Å²) >= 11 is 0. The van der Waals surface area contributed by atoms with Crippen LogP contribution in [0, 0.1) is 0 Å². The number of carbonyl (C=O) groups excluding carboxylic acids is 1. The van der Waals surface area contributed by atoms with Gasteiger partial charge in [0.2, 0.25) is 0 Å². The van der Waals surface area contributed by atoms with Crippen LogP contribution in [-0.4, -0.2) is 15.7 Å². The molecule has 1 aromatic carbocycles. The van der Waals surface area contributed by atoms with Crippen LogP contribution >= 0.6 is 0 Å². The highest BCUT2D eigenvalue weighted by Crippen LogP contribution is 2.18. The Morgan fingerprint density at radius 3 is 2.87 bits per heavy atom. The maximum absolute atomic E-state index is 10.9. The third-order valence-corrected chi connectivity index (χ3v) is 2.51. The number of hydrogen-bond acceptors (Lipinski definition) is 2. The monoisotopic (exact) mass is 196 g/mol. The lowest BCUT2D eigenvalue weighted by Gasteiger charge is -2.03. The molecule has 72 valence electrons. The van der Waals surface area contributed by atoms with Gasteiger partial charge in [-0.2, -0.15) is 0 Å². The van der Waals surface area contributed by atoms with E-state index < -0.39 is 0 Å². The van der Waals surface area contributed by atoms with Crippen LogP contribution in [0.2, 0.25) is 0 Å². The average Bonchev–Trinajstić information content (AvgIpc) is 2.76. The largest absolute Gasteiger partial charge is 0.301 e. The summed E-state index contributed by atoms with van der Waals surface area (Å²) < 4.78 is 1.97. The van der Waals surface area contributed by atoms with Gasteiger partial charge in [0.25, 0.3) is 0 Å². The molecule has 0 radical (unpaired) electrons. The van der Waals surface area contributed by atoms with Gasteiger partial charge in [0.1, 0.15) is 11.3 Å². The summed E-state index contributed by atoms with van der Waals surface area (Å²) in [6.07, 6.45) is 2.74. The van der Waals surface area contributed by atoms with E-state index in [4.69, 9.17) is 0 Å². The van der Waals surface area contributed by atoms with E-state index in [1.165, 1.54) is 0 Å². The molecule has 0 aliphatic rings. The molecule has 3 heteroatoms. The zero-order valence-electron chi connectivity index (χ0n) is 7.92. The highest BCUT2D eigenvalue weighted by molar-refractivity contribution is 5.95. The summed E-state index contributed by atoms with van der Waals surface area (Å²) in [6, 6.07) is 11.6. The number of benzene rings is 1. The van der Waals surface area contributed by atoms with Crippen LogP contribution in [0.5, 0.6) is 0 Å². The summed E-state index contributed by atoms with van der Waals surface area (Å²) in [6.45, 7) is 0. The number of aldehydes is 1. The number of nitrogens with zero attached hydrogens (tertiary/aromatic N) is 2. The first kappa shape index (κ1) is 8.17. The fraction of sp³-hybridized carbons (Fsp3) is 0. The minimum absolute atomic E-state index is 0.497. The summed E-state index contributed by atoms with van der Waals surface area (Å²) in [4.78, 5) is 15.2. The highest BCUT2D eigenvalue weighted by Gasteiger charge is 2.05. The predicted octanol–water partition coefficient (Wildman–Crippen LogP) is 2.30. The molecule has 0 unspecified atom stereocenters. The van der Waals surface area contributed by atoms with Crippen LogP contribution < -0.4 is 0 Å². The topological polar surface area (TPSA) is 34.4 Å². The second-order valence-corrected chi connectivity index (χ2v) is 3.37. The molecule has 0 spiro atoms. The van der Waals surface area contributed by atoms with Gasteiger partial charge in [-0.1, -0.05) is 18.2 Å². The molecule has 3 nitrogen and oxygen atoms in total. The Bertz CT molecular complexity index is 655. The van der Waals surface area contributed by atoms with Crippen molar-refractivity contribution in [2.45, 2.75) is 0 Å². The first-order valence-electron chi connectivity index (χ1n) is 4.71. The molecular weight excluding hydrogens is 188 g/mol. The molecule has 0 N–H and O–H groups in total. The normalized spacial score (nSPS) is 10.9. The minimum Gasteiger partial charge on any atom is -0.301 e. The SMILES string of the molecule is O=Cc1nc2cccn2c2ccccc12. The van der Waals surface area contributed by atoms with Crippen LogP contribution in [0.1, 0.15) is 10.5 Å². The maximum Gasteiger partial charge on any atom is 0.169 e. The van der Waals surface area contributed by atoms with Gasteiger partial charge in [-0.3, -0.25) is 4.79 Å². The molecule has 0 saturated carbocycles. The lowest BCUT2D eigenvalue weighted by atomic mass is 10.2. The van der Waals surface area contributed by atoms with Crippen molar-refractivity contribution in [3.05, 3.63) is 48.3 Å². The van der Waals surface area contributed by atoms with E-state index in [1.807, 2.05) is 47.0 Å². The highest BCUT2D eigenvalue weighted by atomic mass is 16.1. The zero-order chi connectivity index (χ0) is 10.3. The van der Waals surface area contributed by atoms with E-state index in [0.717, 1.165) is 22.8 Å². The Balaban J connectivity index is 2.64. The molecule has 0 amide bonds. The molecule has 0 aliphatic heterocycles. The first-order valence-corrected chi connectivity index (χ1v) is 4.71. The van der Waals surface area contributed by atoms with Gasteiger partial charge in [0.05, 0.1) is 5.52 Å².